The van der Waals surface area contributed by atoms with Crippen LogP contribution >= 0.6 is 0 Å². The van der Waals surface area contributed by atoms with Crippen LogP contribution in [0.15, 0.2) is 18.2 Å². The minimum Gasteiger partial charge on any atom is -0.383 e. The van der Waals surface area contributed by atoms with Gasteiger partial charge in [0.15, 0.2) is 11.6 Å². The molecule has 3 rings (SSSR count). The second-order valence-electron chi connectivity index (χ2n) is 7.12. The van der Waals surface area contributed by atoms with Crippen LogP contribution in [0.3, 0.4) is 0 Å². The molecule has 3 atom stereocenters. The average molecular weight is 381 g/mol. The fourth-order valence-electron chi connectivity index (χ4n) is 3.82. The Kier molecular flexibility index (Phi) is 6.38. The van der Waals surface area contributed by atoms with E-state index < -0.39 is 17.6 Å². The van der Waals surface area contributed by atoms with Gasteiger partial charge < -0.3 is 20.3 Å². The Morgan fingerprint density at radius 1 is 1.37 bits per heavy atom. The fourth-order valence-corrected chi connectivity index (χ4v) is 3.82. The second kappa shape index (κ2) is 8.75. The normalized spacial score (nSPS) is 25.7. The van der Waals surface area contributed by atoms with Crippen molar-refractivity contribution in [3.05, 3.63) is 35.4 Å². The molecule has 0 spiro atoms. The highest BCUT2D eigenvalue weighted by atomic mass is 19.2. The molecule has 0 aliphatic carbocycles. The van der Waals surface area contributed by atoms with Crippen LogP contribution < -0.4 is 10.6 Å². The molecule has 6 nitrogen and oxygen atoms in total. The molecule has 0 saturated carbocycles. The lowest BCUT2D eigenvalue weighted by Crippen LogP contribution is -2.51. The van der Waals surface area contributed by atoms with Gasteiger partial charge >= 0.3 is 0 Å². The minimum absolute atomic E-state index is 0.0499. The van der Waals surface area contributed by atoms with Gasteiger partial charge in [0.05, 0.1) is 12.5 Å². The van der Waals surface area contributed by atoms with Crippen molar-refractivity contribution in [2.45, 2.75) is 24.8 Å². The molecule has 2 N–H and O–H groups in total. The van der Waals surface area contributed by atoms with E-state index in [9.17, 15) is 18.4 Å². The van der Waals surface area contributed by atoms with Crippen LogP contribution in [0.25, 0.3) is 0 Å². The predicted molar refractivity (Wildman–Crippen MR) is 95.1 cm³/mol. The van der Waals surface area contributed by atoms with Crippen molar-refractivity contribution in [3.63, 3.8) is 0 Å². The summed E-state index contributed by atoms with van der Waals surface area (Å²) in [6.07, 6.45) is 0.894. The third kappa shape index (κ3) is 4.62. The number of benzene rings is 1. The number of methoxy groups -OCH3 is 1. The van der Waals surface area contributed by atoms with Crippen LogP contribution in [-0.2, 0) is 14.3 Å². The first-order valence-electron chi connectivity index (χ1n) is 9.22. The molecule has 0 radical (unpaired) electrons. The van der Waals surface area contributed by atoms with E-state index in [1.165, 1.54) is 6.07 Å². The number of carbonyl (C=O) groups is 2. The van der Waals surface area contributed by atoms with Crippen molar-refractivity contribution in [2.24, 2.45) is 5.92 Å². The Morgan fingerprint density at radius 2 is 2.19 bits per heavy atom. The molecule has 148 valence electrons. The number of hydrogen-bond acceptors (Lipinski definition) is 4. The van der Waals surface area contributed by atoms with E-state index in [0.29, 0.717) is 38.2 Å². The molecule has 0 bridgehead atoms. The van der Waals surface area contributed by atoms with Gasteiger partial charge in [-0.05, 0) is 30.7 Å². The zero-order valence-electron chi connectivity index (χ0n) is 15.3. The quantitative estimate of drug-likeness (QED) is 0.772. The van der Waals surface area contributed by atoms with Crippen molar-refractivity contribution < 1.29 is 23.1 Å². The highest BCUT2D eigenvalue weighted by molar-refractivity contribution is 5.89. The molecule has 0 aromatic heterocycles. The van der Waals surface area contributed by atoms with Crippen LogP contribution in [0.2, 0.25) is 0 Å². The topological polar surface area (TPSA) is 70.7 Å². The number of halogens is 2. The van der Waals surface area contributed by atoms with E-state index in [1.54, 1.807) is 18.1 Å². The Labute approximate surface area is 157 Å². The van der Waals surface area contributed by atoms with E-state index in [1.807, 2.05) is 0 Å². The van der Waals surface area contributed by atoms with Gasteiger partial charge in [-0.2, -0.15) is 0 Å². The lowest BCUT2D eigenvalue weighted by Gasteiger charge is -2.34. The Hall–Kier alpha value is -2.06. The summed E-state index contributed by atoms with van der Waals surface area (Å²) in [5, 5.41) is 6.24. The lowest BCUT2D eigenvalue weighted by molar-refractivity contribution is -0.129. The number of nitrogens with one attached hydrogen (secondary N) is 2. The SMILES string of the molecule is COCCN1CC(C(=O)NC2CNCCC2c2ccc(F)c(F)c2)CC1=O. The van der Waals surface area contributed by atoms with E-state index in [4.69, 9.17) is 4.74 Å². The van der Waals surface area contributed by atoms with Gasteiger partial charge in [0.2, 0.25) is 11.8 Å². The molecule has 2 amide bonds. The number of hydrogen-bond donors (Lipinski definition) is 2. The molecule has 2 fully saturated rings. The number of rotatable bonds is 6. The summed E-state index contributed by atoms with van der Waals surface area (Å²) in [4.78, 5) is 26.4. The summed E-state index contributed by atoms with van der Waals surface area (Å²) < 4.78 is 31.9. The molecule has 1 aromatic rings. The van der Waals surface area contributed by atoms with Crippen molar-refractivity contribution in [3.8, 4) is 0 Å². The number of likely N-dealkylation sites (tertiary alicyclic amines) is 1. The highest BCUT2D eigenvalue weighted by Crippen LogP contribution is 2.28. The molecule has 27 heavy (non-hydrogen) atoms. The van der Waals surface area contributed by atoms with Crippen LogP contribution in [0.5, 0.6) is 0 Å². The summed E-state index contributed by atoms with van der Waals surface area (Å²) in [5.41, 5.74) is 0.671. The first-order valence-corrected chi connectivity index (χ1v) is 9.22. The Morgan fingerprint density at radius 3 is 2.93 bits per heavy atom. The van der Waals surface area contributed by atoms with E-state index >= 15 is 0 Å². The van der Waals surface area contributed by atoms with E-state index in [-0.39, 0.29) is 30.2 Å². The average Bonchev–Trinajstić information content (AvgIpc) is 3.03. The molecule has 8 heteroatoms. The van der Waals surface area contributed by atoms with Crippen molar-refractivity contribution in [1.82, 2.24) is 15.5 Å². The number of amides is 2. The summed E-state index contributed by atoms with van der Waals surface area (Å²) in [6.45, 7) is 2.57. The molecule has 3 unspecified atom stereocenters. The minimum atomic E-state index is -0.883. The maximum absolute atomic E-state index is 13.6. The second-order valence-corrected chi connectivity index (χ2v) is 7.12. The first kappa shape index (κ1) is 19.7. The fraction of sp³-hybridized carbons (Fsp3) is 0.579. The smallest absolute Gasteiger partial charge is 0.225 e. The summed E-state index contributed by atoms with van der Waals surface area (Å²) in [5.74, 6) is -2.50. The maximum Gasteiger partial charge on any atom is 0.225 e. The largest absolute Gasteiger partial charge is 0.383 e. The highest BCUT2D eigenvalue weighted by Gasteiger charge is 2.36. The van der Waals surface area contributed by atoms with Crippen molar-refractivity contribution >= 4 is 11.8 Å². The zero-order valence-corrected chi connectivity index (χ0v) is 15.3. The number of carbonyl (C=O) groups excluding carboxylic acids is 2. The molecule has 1 aromatic carbocycles. The Bertz CT molecular complexity index is 701. The Balaban J connectivity index is 1.64. The van der Waals surface area contributed by atoms with Gasteiger partial charge in [-0.15, -0.1) is 0 Å². The number of nitrogens with zero attached hydrogens (tertiary/aromatic N) is 1. The van der Waals surface area contributed by atoms with Crippen molar-refractivity contribution in [2.75, 3.05) is 39.9 Å². The standard InChI is InChI=1S/C19H25F2N3O3/c1-27-7-6-24-11-13(9-18(24)25)19(26)23-17-10-22-5-4-14(17)12-2-3-15(20)16(21)8-12/h2-3,8,13-14,17,22H,4-7,9-11H2,1H3,(H,23,26). The van der Waals surface area contributed by atoms with Gasteiger partial charge in [0.25, 0.3) is 0 Å². The van der Waals surface area contributed by atoms with Crippen LogP contribution in [0.4, 0.5) is 8.78 Å². The predicted octanol–water partition coefficient (Wildman–Crippen LogP) is 1.02. The van der Waals surface area contributed by atoms with Crippen LogP contribution in [0, 0.1) is 17.6 Å². The maximum atomic E-state index is 13.6. The number of piperidine rings is 1. The molecule has 2 aliphatic heterocycles. The first-order chi connectivity index (χ1) is 13.0. The van der Waals surface area contributed by atoms with E-state index in [2.05, 4.69) is 10.6 Å². The summed E-state index contributed by atoms with van der Waals surface area (Å²) in [6, 6.07) is 3.66. The van der Waals surface area contributed by atoms with Crippen LogP contribution in [-0.4, -0.2) is 62.7 Å². The van der Waals surface area contributed by atoms with Gasteiger partial charge in [0.1, 0.15) is 0 Å². The molecular formula is C19H25F2N3O3. The molecule has 2 heterocycles. The lowest BCUT2D eigenvalue weighted by atomic mass is 9.85. The van der Waals surface area contributed by atoms with E-state index in [0.717, 1.165) is 12.6 Å². The monoisotopic (exact) mass is 381 g/mol. The molecular weight excluding hydrogens is 356 g/mol. The third-order valence-corrected chi connectivity index (χ3v) is 5.33. The third-order valence-electron chi connectivity index (χ3n) is 5.33. The van der Waals surface area contributed by atoms with Gasteiger partial charge in [-0.1, -0.05) is 6.07 Å². The number of ether oxygens (including phenoxy) is 1. The summed E-state index contributed by atoms with van der Waals surface area (Å²) >= 11 is 0. The molecule has 2 saturated heterocycles. The molecule has 2 aliphatic rings. The van der Waals surface area contributed by atoms with Crippen molar-refractivity contribution in [1.29, 1.82) is 0 Å². The van der Waals surface area contributed by atoms with Gasteiger partial charge in [-0.3, -0.25) is 9.59 Å². The zero-order chi connectivity index (χ0) is 19.4. The van der Waals surface area contributed by atoms with Crippen LogP contribution in [0.1, 0.15) is 24.3 Å². The van der Waals surface area contributed by atoms with Gasteiger partial charge in [-0.25, -0.2) is 8.78 Å². The van der Waals surface area contributed by atoms with Gasteiger partial charge in [0, 0.05) is 45.1 Å². The summed E-state index contributed by atoms with van der Waals surface area (Å²) in [7, 11) is 1.57.